The van der Waals surface area contributed by atoms with Gasteiger partial charge in [-0.2, -0.15) is 0 Å². The highest BCUT2D eigenvalue weighted by Crippen LogP contribution is 2.21. The van der Waals surface area contributed by atoms with E-state index in [2.05, 4.69) is 35.1 Å². The number of rotatable bonds is 4. The van der Waals surface area contributed by atoms with Gasteiger partial charge in [-0.25, -0.2) is 4.39 Å². The lowest BCUT2D eigenvalue weighted by atomic mass is 10.1. The van der Waals surface area contributed by atoms with Gasteiger partial charge in [-0.1, -0.05) is 19.1 Å². The molecule has 1 aromatic carbocycles. The first kappa shape index (κ1) is 11.7. The first-order valence-electron chi connectivity index (χ1n) is 4.81. The number of benzene rings is 1. The first-order valence-corrected chi connectivity index (χ1v) is 5.60. The molecule has 1 N–H and O–H groups in total. The maximum absolute atomic E-state index is 13.1. The zero-order chi connectivity index (χ0) is 10.6. The van der Waals surface area contributed by atoms with Crippen LogP contribution < -0.4 is 5.32 Å². The van der Waals surface area contributed by atoms with Crippen molar-refractivity contribution >= 4 is 15.9 Å². The molecule has 0 bridgehead atoms. The fourth-order valence-electron chi connectivity index (χ4n) is 1.46. The highest BCUT2D eigenvalue weighted by Gasteiger charge is 2.08. The Hall–Kier alpha value is -0.410. The SMILES string of the molecule is CCNC(C)Cc1cccc(F)c1Br. The Balaban J connectivity index is 2.71. The molecule has 1 nitrogen and oxygen atoms in total. The zero-order valence-corrected chi connectivity index (χ0v) is 10.1. The number of hydrogen-bond donors (Lipinski definition) is 1. The van der Waals surface area contributed by atoms with Crippen molar-refractivity contribution in [2.24, 2.45) is 0 Å². The average Bonchev–Trinajstić information content (AvgIpc) is 2.13. The smallest absolute Gasteiger partial charge is 0.137 e. The molecule has 0 heterocycles. The van der Waals surface area contributed by atoms with Crippen LogP contribution in [-0.2, 0) is 6.42 Å². The van der Waals surface area contributed by atoms with E-state index < -0.39 is 0 Å². The van der Waals surface area contributed by atoms with E-state index >= 15 is 0 Å². The molecule has 1 rings (SSSR count). The van der Waals surface area contributed by atoms with Gasteiger partial charge in [-0.15, -0.1) is 0 Å². The van der Waals surface area contributed by atoms with Gasteiger partial charge in [0.05, 0.1) is 4.47 Å². The van der Waals surface area contributed by atoms with E-state index in [9.17, 15) is 4.39 Å². The summed E-state index contributed by atoms with van der Waals surface area (Å²) in [4.78, 5) is 0. The predicted molar refractivity (Wildman–Crippen MR) is 60.9 cm³/mol. The van der Waals surface area contributed by atoms with E-state index in [0.717, 1.165) is 18.5 Å². The molecule has 14 heavy (non-hydrogen) atoms. The second-order valence-corrected chi connectivity index (χ2v) is 4.17. The molecular formula is C11H15BrFN. The Kier molecular flexibility index (Phi) is 4.55. The minimum absolute atomic E-state index is 0.189. The van der Waals surface area contributed by atoms with E-state index in [4.69, 9.17) is 0 Å². The van der Waals surface area contributed by atoms with Crippen molar-refractivity contribution < 1.29 is 4.39 Å². The molecule has 1 unspecified atom stereocenters. The third-order valence-corrected chi connectivity index (χ3v) is 3.00. The Morgan fingerprint density at radius 3 is 2.86 bits per heavy atom. The zero-order valence-electron chi connectivity index (χ0n) is 8.48. The van der Waals surface area contributed by atoms with Gasteiger partial charge < -0.3 is 5.32 Å². The molecule has 0 amide bonds. The van der Waals surface area contributed by atoms with Crippen LogP contribution in [-0.4, -0.2) is 12.6 Å². The molecule has 0 radical (unpaired) electrons. The third-order valence-electron chi connectivity index (χ3n) is 2.11. The second kappa shape index (κ2) is 5.47. The van der Waals surface area contributed by atoms with Gasteiger partial charge >= 0.3 is 0 Å². The van der Waals surface area contributed by atoms with Crippen molar-refractivity contribution in [2.45, 2.75) is 26.3 Å². The lowest BCUT2D eigenvalue weighted by Crippen LogP contribution is -2.27. The summed E-state index contributed by atoms with van der Waals surface area (Å²) in [6, 6.07) is 5.53. The van der Waals surface area contributed by atoms with Gasteiger partial charge in [-0.05, 0) is 47.4 Å². The summed E-state index contributed by atoms with van der Waals surface area (Å²) >= 11 is 3.26. The molecule has 0 aromatic heterocycles. The molecule has 3 heteroatoms. The highest BCUT2D eigenvalue weighted by molar-refractivity contribution is 9.10. The molecule has 0 saturated carbocycles. The van der Waals surface area contributed by atoms with Gasteiger partial charge in [-0.3, -0.25) is 0 Å². The monoisotopic (exact) mass is 259 g/mol. The van der Waals surface area contributed by atoms with Gasteiger partial charge in [0.2, 0.25) is 0 Å². The summed E-state index contributed by atoms with van der Waals surface area (Å²) in [5.41, 5.74) is 1.01. The highest BCUT2D eigenvalue weighted by atomic mass is 79.9. The topological polar surface area (TPSA) is 12.0 Å². The van der Waals surface area contributed by atoms with Crippen LogP contribution >= 0.6 is 15.9 Å². The summed E-state index contributed by atoms with van der Waals surface area (Å²) in [5, 5.41) is 3.30. The van der Waals surface area contributed by atoms with Crippen LogP contribution in [0.1, 0.15) is 19.4 Å². The summed E-state index contributed by atoms with van der Waals surface area (Å²) in [6.07, 6.45) is 0.839. The van der Waals surface area contributed by atoms with E-state index in [1.54, 1.807) is 6.07 Å². The molecule has 0 aliphatic heterocycles. The normalized spacial score (nSPS) is 12.9. The van der Waals surface area contributed by atoms with E-state index in [1.807, 2.05) is 6.07 Å². The summed E-state index contributed by atoms with van der Waals surface area (Å²) in [7, 11) is 0. The molecule has 1 atom stereocenters. The largest absolute Gasteiger partial charge is 0.314 e. The van der Waals surface area contributed by atoms with Crippen LogP contribution in [0.4, 0.5) is 4.39 Å². The molecular weight excluding hydrogens is 245 g/mol. The molecule has 0 saturated heterocycles. The van der Waals surface area contributed by atoms with Crippen molar-refractivity contribution in [3.63, 3.8) is 0 Å². The number of nitrogens with one attached hydrogen (secondary N) is 1. The fourth-order valence-corrected chi connectivity index (χ4v) is 1.88. The molecule has 0 aliphatic carbocycles. The minimum Gasteiger partial charge on any atom is -0.314 e. The van der Waals surface area contributed by atoms with Crippen LogP contribution in [0, 0.1) is 5.82 Å². The van der Waals surface area contributed by atoms with Crippen molar-refractivity contribution in [3.05, 3.63) is 34.1 Å². The van der Waals surface area contributed by atoms with Crippen molar-refractivity contribution in [1.29, 1.82) is 0 Å². The van der Waals surface area contributed by atoms with E-state index in [-0.39, 0.29) is 5.82 Å². The first-order chi connectivity index (χ1) is 6.65. The lowest BCUT2D eigenvalue weighted by molar-refractivity contribution is 0.559. The average molecular weight is 260 g/mol. The Morgan fingerprint density at radius 1 is 1.50 bits per heavy atom. The standard InChI is InChI=1S/C11H15BrFN/c1-3-14-8(2)7-9-5-4-6-10(13)11(9)12/h4-6,8,14H,3,7H2,1-2H3. The molecule has 0 aliphatic rings. The number of likely N-dealkylation sites (N-methyl/N-ethyl adjacent to an activating group) is 1. The molecule has 78 valence electrons. The Labute approximate surface area is 92.8 Å². The summed E-state index contributed by atoms with van der Waals surface area (Å²) < 4.78 is 13.7. The van der Waals surface area contributed by atoms with Crippen molar-refractivity contribution in [2.75, 3.05) is 6.54 Å². The maximum Gasteiger partial charge on any atom is 0.137 e. The van der Waals surface area contributed by atoms with Crippen molar-refractivity contribution in [1.82, 2.24) is 5.32 Å². The number of hydrogen-bond acceptors (Lipinski definition) is 1. The third kappa shape index (κ3) is 3.07. The van der Waals surface area contributed by atoms with E-state index in [1.165, 1.54) is 6.07 Å². The number of halogens is 2. The minimum atomic E-state index is -0.189. The Morgan fingerprint density at radius 2 is 2.21 bits per heavy atom. The summed E-state index contributed by atoms with van der Waals surface area (Å²) in [5.74, 6) is -0.189. The molecule has 0 spiro atoms. The van der Waals surface area contributed by atoms with Crippen LogP contribution in [0.3, 0.4) is 0 Å². The van der Waals surface area contributed by atoms with Crippen LogP contribution in [0.15, 0.2) is 22.7 Å². The van der Waals surface area contributed by atoms with Gasteiger partial charge in [0.15, 0.2) is 0 Å². The maximum atomic E-state index is 13.1. The van der Waals surface area contributed by atoms with Crippen LogP contribution in [0.5, 0.6) is 0 Å². The van der Waals surface area contributed by atoms with Gasteiger partial charge in [0, 0.05) is 6.04 Å². The van der Waals surface area contributed by atoms with Gasteiger partial charge in [0.1, 0.15) is 5.82 Å². The van der Waals surface area contributed by atoms with Gasteiger partial charge in [0.25, 0.3) is 0 Å². The lowest BCUT2D eigenvalue weighted by Gasteiger charge is -2.13. The van der Waals surface area contributed by atoms with Crippen LogP contribution in [0.2, 0.25) is 0 Å². The molecule has 1 aromatic rings. The van der Waals surface area contributed by atoms with Crippen LogP contribution in [0.25, 0.3) is 0 Å². The predicted octanol–water partition coefficient (Wildman–Crippen LogP) is 3.13. The summed E-state index contributed by atoms with van der Waals surface area (Å²) in [6.45, 7) is 5.10. The fraction of sp³-hybridized carbons (Fsp3) is 0.455. The quantitative estimate of drug-likeness (QED) is 0.877. The second-order valence-electron chi connectivity index (χ2n) is 3.38. The Bertz CT molecular complexity index is 301. The van der Waals surface area contributed by atoms with Crippen molar-refractivity contribution in [3.8, 4) is 0 Å². The van der Waals surface area contributed by atoms with E-state index in [0.29, 0.717) is 10.5 Å². The molecule has 0 fully saturated rings.